The topological polar surface area (TPSA) is 55.4 Å². The number of benzene rings is 2. The molecule has 1 fully saturated rings. The van der Waals surface area contributed by atoms with Gasteiger partial charge in [-0.1, -0.05) is 49.4 Å². The van der Waals surface area contributed by atoms with Crippen LogP contribution in [0.25, 0.3) is 0 Å². The normalized spacial score (nSPS) is 21.3. The van der Waals surface area contributed by atoms with Crippen molar-refractivity contribution in [3.05, 3.63) is 60.2 Å². The molecule has 1 N–H and O–H groups in total. The Morgan fingerprint density at radius 1 is 1.09 bits per heavy atom. The summed E-state index contributed by atoms with van der Waals surface area (Å²) in [5, 5.41) is 3.39. The summed E-state index contributed by atoms with van der Waals surface area (Å²) in [4.78, 5) is 0.362. The molecule has 2 aromatic carbocycles. The first-order chi connectivity index (χ1) is 11.1. The molecule has 1 aliphatic heterocycles. The van der Waals surface area contributed by atoms with Gasteiger partial charge in [-0.2, -0.15) is 0 Å². The molecule has 0 aromatic heterocycles. The smallest absolute Gasteiger partial charge is 0.180 e. The molecule has 2 atom stereocenters. The molecule has 5 heteroatoms. The van der Waals surface area contributed by atoms with E-state index in [4.69, 9.17) is 4.74 Å². The summed E-state index contributed by atoms with van der Waals surface area (Å²) in [6, 6.07) is 17.2. The van der Waals surface area contributed by atoms with Crippen molar-refractivity contribution in [3.8, 4) is 0 Å². The maximum atomic E-state index is 12.3. The zero-order valence-corrected chi connectivity index (χ0v) is 13.9. The lowest BCUT2D eigenvalue weighted by atomic mass is 10.0. The monoisotopic (exact) mass is 331 g/mol. The van der Waals surface area contributed by atoms with E-state index in [1.807, 2.05) is 42.5 Å². The molecule has 0 spiro atoms. The predicted molar refractivity (Wildman–Crippen MR) is 91.3 cm³/mol. The van der Waals surface area contributed by atoms with Gasteiger partial charge in [-0.05, 0) is 24.1 Å². The second-order valence-electron chi connectivity index (χ2n) is 5.64. The minimum absolute atomic E-state index is 0.0607. The van der Waals surface area contributed by atoms with Crippen molar-refractivity contribution in [3.63, 3.8) is 0 Å². The third kappa shape index (κ3) is 3.41. The number of rotatable bonds is 5. The van der Waals surface area contributed by atoms with Gasteiger partial charge in [-0.3, -0.25) is 0 Å². The molecule has 1 saturated heterocycles. The average molecular weight is 331 g/mol. The van der Waals surface area contributed by atoms with E-state index in [2.05, 4.69) is 5.32 Å². The third-order valence-corrected chi connectivity index (χ3v) is 5.95. The van der Waals surface area contributed by atoms with E-state index in [-0.39, 0.29) is 17.9 Å². The Balaban J connectivity index is 1.88. The third-order valence-electron chi connectivity index (χ3n) is 4.16. The predicted octanol–water partition coefficient (Wildman–Crippen LogP) is 3.42. The molecule has 0 saturated carbocycles. The van der Waals surface area contributed by atoms with Crippen LogP contribution in [0.2, 0.25) is 0 Å². The fourth-order valence-electron chi connectivity index (χ4n) is 2.92. The molecular formula is C18H21NO3S. The van der Waals surface area contributed by atoms with Gasteiger partial charge in [0.05, 0.1) is 22.4 Å². The molecule has 4 nitrogen and oxygen atoms in total. The van der Waals surface area contributed by atoms with Crippen LogP contribution < -0.4 is 5.32 Å². The Kier molecular flexibility index (Phi) is 4.68. The summed E-state index contributed by atoms with van der Waals surface area (Å²) in [7, 11) is -3.26. The molecular weight excluding hydrogens is 310 g/mol. The van der Waals surface area contributed by atoms with Gasteiger partial charge in [-0.25, -0.2) is 8.42 Å². The van der Waals surface area contributed by atoms with E-state index in [0.29, 0.717) is 17.2 Å². The second-order valence-corrected chi connectivity index (χ2v) is 7.89. The van der Waals surface area contributed by atoms with E-state index in [1.54, 1.807) is 19.1 Å². The van der Waals surface area contributed by atoms with Crippen LogP contribution in [0.4, 0.5) is 5.69 Å². The molecule has 23 heavy (non-hydrogen) atoms. The SMILES string of the molecule is CCS(=O)(=O)c1ccccc1N[C@@H]1CCO[C@H]1c1ccccc1. The van der Waals surface area contributed by atoms with Crippen molar-refractivity contribution < 1.29 is 13.2 Å². The number of sulfone groups is 1. The number of anilines is 1. The summed E-state index contributed by atoms with van der Waals surface area (Å²) >= 11 is 0. The highest BCUT2D eigenvalue weighted by Gasteiger charge is 2.30. The quantitative estimate of drug-likeness (QED) is 0.912. The van der Waals surface area contributed by atoms with E-state index in [9.17, 15) is 8.42 Å². The summed E-state index contributed by atoms with van der Waals surface area (Å²) in [5.74, 6) is 0.0922. The van der Waals surface area contributed by atoms with E-state index < -0.39 is 9.84 Å². The van der Waals surface area contributed by atoms with Gasteiger partial charge in [0, 0.05) is 6.61 Å². The van der Waals surface area contributed by atoms with Crippen LogP contribution in [0.5, 0.6) is 0 Å². The van der Waals surface area contributed by atoms with Gasteiger partial charge in [0.2, 0.25) is 0 Å². The molecule has 0 radical (unpaired) electrons. The summed E-state index contributed by atoms with van der Waals surface area (Å²) in [6.07, 6.45) is 0.786. The minimum atomic E-state index is -3.26. The highest BCUT2D eigenvalue weighted by Crippen LogP contribution is 2.33. The number of ether oxygens (including phenoxy) is 1. The Bertz CT molecular complexity index is 759. The van der Waals surface area contributed by atoms with Gasteiger partial charge in [0.15, 0.2) is 9.84 Å². The van der Waals surface area contributed by atoms with E-state index in [1.165, 1.54) is 0 Å². The summed E-state index contributed by atoms with van der Waals surface area (Å²) < 4.78 is 30.4. The Labute approximate surface area is 137 Å². The van der Waals surface area contributed by atoms with Crippen LogP contribution in [-0.4, -0.2) is 26.8 Å². The Morgan fingerprint density at radius 3 is 2.52 bits per heavy atom. The molecule has 0 aliphatic carbocycles. The van der Waals surface area contributed by atoms with Crippen LogP contribution >= 0.6 is 0 Å². The highest BCUT2D eigenvalue weighted by molar-refractivity contribution is 7.91. The van der Waals surface area contributed by atoms with E-state index in [0.717, 1.165) is 12.0 Å². The van der Waals surface area contributed by atoms with Crippen molar-refractivity contribution in [2.24, 2.45) is 0 Å². The largest absolute Gasteiger partial charge is 0.378 e. The van der Waals surface area contributed by atoms with Crippen molar-refractivity contribution in [2.75, 3.05) is 17.7 Å². The molecule has 0 amide bonds. The number of hydrogen-bond acceptors (Lipinski definition) is 4. The minimum Gasteiger partial charge on any atom is -0.378 e. The maximum Gasteiger partial charge on any atom is 0.180 e. The van der Waals surface area contributed by atoms with Crippen LogP contribution in [0.1, 0.15) is 25.0 Å². The molecule has 1 aliphatic rings. The van der Waals surface area contributed by atoms with Crippen LogP contribution in [-0.2, 0) is 14.6 Å². The Hall–Kier alpha value is -1.85. The molecule has 1 heterocycles. The first-order valence-corrected chi connectivity index (χ1v) is 9.52. The summed E-state index contributed by atoms with van der Waals surface area (Å²) in [6.45, 7) is 2.33. The van der Waals surface area contributed by atoms with Gasteiger partial charge >= 0.3 is 0 Å². The van der Waals surface area contributed by atoms with Gasteiger partial charge in [0.1, 0.15) is 6.10 Å². The zero-order chi connectivity index (χ0) is 16.3. The molecule has 0 unspecified atom stereocenters. The fourth-order valence-corrected chi connectivity index (χ4v) is 3.98. The average Bonchev–Trinajstić information content (AvgIpc) is 3.04. The van der Waals surface area contributed by atoms with Gasteiger partial charge < -0.3 is 10.1 Å². The first kappa shape index (κ1) is 16.0. The van der Waals surface area contributed by atoms with Crippen molar-refractivity contribution in [1.29, 1.82) is 0 Å². The lowest BCUT2D eigenvalue weighted by Gasteiger charge is -2.22. The van der Waals surface area contributed by atoms with Crippen LogP contribution in [0, 0.1) is 0 Å². The van der Waals surface area contributed by atoms with Crippen molar-refractivity contribution >= 4 is 15.5 Å². The zero-order valence-electron chi connectivity index (χ0n) is 13.1. The van der Waals surface area contributed by atoms with E-state index >= 15 is 0 Å². The second kappa shape index (κ2) is 6.72. The molecule has 2 aromatic rings. The molecule has 122 valence electrons. The molecule has 3 rings (SSSR count). The number of para-hydroxylation sites is 1. The lowest BCUT2D eigenvalue weighted by Crippen LogP contribution is -2.24. The van der Waals surface area contributed by atoms with Crippen LogP contribution in [0.3, 0.4) is 0 Å². The standard InChI is InChI=1S/C18H21NO3S/c1-2-23(20,21)17-11-7-6-10-15(17)19-16-12-13-22-18(16)14-8-4-3-5-9-14/h3-11,16,18-19H,2,12-13H2,1H3/t16-,18+/m1/s1. The van der Waals surface area contributed by atoms with Crippen molar-refractivity contribution in [1.82, 2.24) is 0 Å². The summed E-state index contributed by atoms with van der Waals surface area (Å²) in [5.41, 5.74) is 1.77. The van der Waals surface area contributed by atoms with Crippen LogP contribution in [0.15, 0.2) is 59.5 Å². The fraction of sp³-hybridized carbons (Fsp3) is 0.333. The van der Waals surface area contributed by atoms with Gasteiger partial charge in [0.25, 0.3) is 0 Å². The Morgan fingerprint density at radius 2 is 1.78 bits per heavy atom. The number of nitrogens with one attached hydrogen (secondary N) is 1. The van der Waals surface area contributed by atoms with Crippen molar-refractivity contribution in [2.45, 2.75) is 30.4 Å². The molecule has 0 bridgehead atoms. The number of hydrogen-bond donors (Lipinski definition) is 1. The first-order valence-electron chi connectivity index (χ1n) is 7.86. The lowest BCUT2D eigenvalue weighted by molar-refractivity contribution is 0.107. The maximum absolute atomic E-state index is 12.3. The highest BCUT2D eigenvalue weighted by atomic mass is 32.2. The van der Waals surface area contributed by atoms with Gasteiger partial charge in [-0.15, -0.1) is 0 Å².